The lowest BCUT2D eigenvalue weighted by atomic mass is 9.90. The smallest absolute Gasteiger partial charge is 0.392 e. The normalized spacial score (nSPS) is 20.3. The molecular formula is C20H25F3N2O2. The molecule has 7 heteroatoms. The Morgan fingerprint density at radius 3 is 2.78 bits per heavy atom. The monoisotopic (exact) mass is 382 g/mol. The maximum atomic E-state index is 13.0. The second kappa shape index (κ2) is 8.31. The number of aromatic amines is 1. The third-order valence-electron chi connectivity index (χ3n) is 5.54. The molecule has 1 fully saturated rings. The summed E-state index contributed by atoms with van der Waals surface area (Å²) in [5.41, 5.74) is 1.58. The number of aromatic nitrogens is 2. The number of nitrogens with one attached hydrogen (secondary N) is 1. The van der Waals surface area contributed by atoms with Crippen molar-refractivity contribution < 1.29 is 17.9 Å². The highest BCUT2D eigenvalue weighted by Gasteiger charge is 2.46. The number of ether oxygens (including phenoxy) is 1. The van der Waals surface area contributed by atoms with E-state index in [0.717, 1.165) is 19.3 Å². The Morgan fingerprint density at radius 1 is 1.22 bits per heavy atom. The summed E-state index contributed by atoms with van der Waals surface area (Å²) in [6.07, 6.45) is 1.04. The van der Waals surface area contributed by atoms with Gasteiger partial charge in [-0.1, -0.05) is 19.3 Å². The maximum absolute atomic E-state index is 13.0. The number of rotatable bonds is 7. The quantitative estimate of drug-likeness (QED) is 0.685. The van der Waals surface area contributed by atoms with Crippen molar-refractivity contribution in [1.29, 1.82) is 0 Å². The van der Waals surface area contributed by atoms with Crippen molar-refractivity contribution in [2.45, 2.75) is 57.5 Å². The molecule has 0 spiro atoms. The Balaban J connectivity index is 1.50. The molecular weight excluding hydrogens is 357 g/mol. The number of benzene rings is 1. The summed E-state index contributed by atoms with van der Waals surface area (Å²) in [7, 11) is 1.56. The highest BCUT2D eigenvalue weighted by atomic mass is 19.4. The minimum Gasteiger partial charge on any atom is -0.497 e. The number of alkyl halides is 3. The fraction of sp³-hybridized carbons (Fsp3) is 0.600. The van der Waals surface area contributed by atoms with Gasteiger partial charge in [0.25, 0.3) is 5.56 Å². The Morgan fingerprint density at radius 2 is 2.04 bits per heavy atom. The highest BCUT2D eigenvalue weighted by Crippen LogP contribution is 2.45. The van der Waals surface area contributed by atoms with Gasteiger partial charge in [-0.15, -0.1) is 0 Å². The van der Waals surface area contributed by atoms with Crippen LogP contribution in [0.4, 0.5) is 13.2 Å². The molecule has 0 unspecified atom stereocenters. The van der Waals surface area contributed by atoms with Gasteiger partial charge in [-0.25, -0.2) is 4.98 Å². The molecule has 3 rings (SSSR count). The number of unbranched alkanes of at least 4 members (excludes halogenated alkanes) is 2. The number of hydrogen-bond donors (Lipinski definition) is 1. The van der Waals surface area contributed by atoms with Crippen molar-refractivity contribution >= 4 is 11.0 Å². The van der Waals surface area contributed by atoms with Crippen LogP contribution in [-0.2, 0) is 6.42 Å². The maximum Gasteiger partial charge on any atom is 0.392 e. The van der Waals surface area contributed by atoms with Crippen LogP contribution in [0.15, 0.2) is 23.0 Å². The molecule has 1 aromatic heterocycles. The molecule has 1 saturated carbocycles. The van der Waals surface area contributed by atoms with E-state index in [9.17, 15) is 18.0 Å². The summed E-state index contributed by atoms with van der Waals surface area (Å²) in [6.45, 7) is 0. The summed E-state index contributed by atoms with van der Waals surface area (Å²) in [4.78, 5) is 19.4. The van der Waals surface area contributed by atoms with E-state index in [0.29, 0.717) is 48.2 Å². The number of fused-ring (bicyclic) bond motifs is 1. The third kappa shape index (κ3) is 4.82. The highest BCUT2D eigenvalue weighted by molar-refractivity contribution is 5.75. The number of nitrogens with zero attached hydrogens (tertiary/aromatic N) is 1. The van der Waals surface area contributed by atoms with Gasteiger partial charge in [0.15, 0.2) is 0 Å². The second-order valence-electron chi connectivity index (χ2n) is 7.33. The average molecular weight is 382 g/mol. The molecule has 27 heavy (non-hydrogen) atoms. The largest absolute Gasteiger partial charge is 0.497 e. The van der Waals surface area contributed by atoms with Gasteiger partial charge in [-0.3, -0.25) is 4.79 Å². The number of aryl methyl sites for hydroxylation is 1. The molecule has 0 bridgehead atoms. The van der Waals surface area contributed by atoms with Crippen molar-refractivity contribution in [3.63, 3.8) is 0 Å². The zero-order chi connectivity index (χ0) is 19.4. The first-order valence-corrected chi connectivity index (χ1v) is 9.52. The van der Waals surface area contributed by atoms with Gasteiger partial charge < -0.3 is 9.72 Å². The van der Waals surface area contributed by atoms with Gasteiger partial charge in [-0.2, -0.15) is 13.2 Å². The van der Waals surface area contributed by atoms with Gasteiger partial charge in [0.2, 0.25) is 0 Å². The van der Waals surface area contributed by atoms with E-state index < -0.39 is 12.1 Å². The predicted octanol–water partition coefficient (Wildman–Crippen LogP) is 5.01. The van der Waals surface area contributed by atoms with Gasteiger partial charge in [0, 0.05) is 6.07 Å². The van der Waals surface area contributed by atoms with Crippen molar-refractivity contribution in [3.05, 3.63) is 34.2 Å². The van der Waals surface area contributed by atoms with Crippen LogP contribution >= 0.6 is 0 Å². The van der Waals surface area contributed by atoms with Crippen LogP contribution < -0.4 is 10.3 Å². The molecule has 1 aromatic carbocycles. The van der Waals surface area contributed by atoms with E-state index in [1.807, 2.05) is 0 Å². The van der Waals surface area contributed by atoms with Crippen molar-refractivity contribution in [2.75, 3.05) is 7.11 Å². The number of hydrogen-bond acceptors (Lipinski definition) is 3. The molecule has 1 aliphatic rings. The topological polar surface area (TPSA) is 55.0 Å². The molecule has 0 radical (unpaired) electrons. The molecule has 1 aliphatic carbocycles. The number of H-pyrrole nitrogens is 1. The molecule has 0 aliphatic heterocycles. The van der Waals surface area contributed by atoms with Crippen molar-refractivity contribution in [3.8, 4) is 5.75 Å². The molecule has 2 aromatic rings. The van der Waals surface area contributed by atoms with E-state index in [4.69, 9.17) is 4.74 Å². The SMILES string of the molecule is COc1ccc2nc(CCCCC[C@@H]3CCC[C@@H]3C(F)(F)F)c(=O)[nH]c2c1. The first-order chi connectivity index (χ1) is 12.9. The second-order valence-corrected chi connectivity index (χ2v) is 7.33. The Kier molecular flexibility index (Phi) is 6.07. The molecule has 0 saturated heterocycles. The molecule has 148 valence electrons. The van der Waals surface area contributed by atoms with Gasteiger partial charge in [0.1, 0.15) is 11.4 Å². The minimum absolute atomic E-state index is 0.219. The van der Waals surface area contributed by atoms with Crippen LogP contribution in [0.2, 0.25) is 0 Å². The molecule has 1 N–H and O–H groups in total. The summed E-state index contributed by atoms with van der Waals surface area (Å²) in [6, 6.07) is 5.31. The summed E-state index contributed by atoms with van der Waals surface area (Å²) in [5.74, 6) is -0.710. The van der Waals surface area contributed by atoms with Crippen LogP contribution in [0.1, 0.15) is 50.6 Å². The van der Waals surface area contributed by atoms with E-state index in [2.05, 4.69) is 9.97 Å². The van der Waals surface area contributed by atoms with Crippen molar-refractivity contribution in [1.82, 2.24) is 9.97 Å². The third-order valence-corrected chi connectivity index (χ3v) is 5.54. The first kappa shape index (κ1) is 19.7. The standard InChI is InChI=1S/C20H25F3N2O2/c1-27-14-10-11-16-18(12-14)25-19(26)17(24-16)9-4-2-3-6-13-7-5-8-15(13)20(21,22)23/h10-13,15H,2-9H2,1H3,(H,25,26)/t13-,15+/m1/s1. The van der Waals surface area contributed by atoms with E-state index in [-0.39, 0.29) is 17.9 Å². The molecule has 1 heterocycles. The Hall–Kier alpha value is -2.05. The Labute approximate surface area is 156 Å². The van der Waals surface area contributed by atoms with E-state index in [1.165, 1.54) is 0 Å². The Bertz CT molecular complexity index is 832. The average Bonchev–Trinajstić information content (AvgIpc) is 3.10. The number of halogens is 3. The van der Waals surface area contributed by atoms with Crippen molar-refractivity contribution in [2.24, 2.45) is 11.8 Å². The molecule has 2 atom stereocenters. The fourth-order valence-electron chi connectivity index (χ4n) is 4.09. The molecule has 0 amide bonds. The fourth-order valence-corrected chi connectivity index (χ4v) is 4.09. The van der Waals surface area contributed by atoms with Crippen LogP contribution in [-0.4, -0.2) is 23.3 Å². The lowest BCUT2D eigenvalue weighted by molar-refractivity contribution is -0.184. The van der Waals surface area contributed by atoms with E-state index >= 15 is 0 Å². The van der Waals surface area contributed by atoms with Gasteiger partial charge in [-0.05, 0) is 50.2 Å². The summed E-state index contributed by atoms with van der Waals surface area (Å²) < 4.78 is 44.1. The zero-order valence-corrected chi connectivity index (χ0v) is 15.4. The van der Waals surface area contributed by atoms with E-state index in [1.54, 1.807) is 25.3 Å². The molecule has 4 nitrogen and oxygen atoms in total. The zero-order valence-electron chi connectivity index (χ0n) is 15.4. The van der Waals surface area contributed by atoms with Crippen LogP contribution in [0.25, 0.3) is 11.0 Å². The first-order valence-electron chi connectivity index (χ1n) is 9.52. The lowest BCUT2D eigenvalue weighted by Gasteiger charge is -2.22. The van der Waals surface area contributed by atoms with Crippen LogP contribution in [0, 0.1) is 11.8 Å². The van der Waals surface area contributed by atoms with Crippen LogP contribution in [0.3, 0.4) is 0 Å². The summed E-state index contributed by atoms with van der Waals surface area (Å²) >= 11 is 0. The van der Waals surface area contributed by atoms with Crippen LogP contribution in [0.5, 0.6) is 5.75 Å². The minimum atomic E-state index is -4.06. The van der Waals surface area contributed by atoms with Gasteiger partial charge in [0.05, 0.1) is 24.1 Å². The predicted molar refractivity (Wildman–Crippen MR) is 98.0 cm³/mol. The van der Waals surface area contributed by atoms with Gasteiger partial charge >= 0.3 is 6.18 Å². The lowest BCUT2D eigenvalue weighted by Crippen LogP contribution is -2.26. The summed E-state index contributed by atoms with van der Waals surface area (Å²) in [5, 5.41) is 0. The number of methoxy groups -OCH3 is 1.